The summed E-state index contributed by atoms with van der Waals surface area (Å²) in [6, 6.07) is 0.344. The number of hydrogen-bond donors (Lipinski definition) is 1. The zero-order valence-electron chi connectivity index (χ0n) is 11.6. The predicted molar refractivity (Wildman–Crippen MR) is 69.2 cm³/mol. The molecule has 0 rings (SSSR count). The number of carboxylic acid groups (broad SMARTS) is 1. The molecule has 0 aliphatic carbocycles. The number of aliphatic carboxylic acids is 1. The number of nitrogens with zero attached hydrogens (tertiary/aromatic N) is 1. The Morgan fingerprint density at radius 3 is 2.41 bits per heavy atom. The third-order valence-electron chi connectivity index (χ3n) is 3.28. The molecule has 0 radical (unpaired) electrons. The van der Waals surface area contributed by atoms with E-state index in [1.54, 1.807) is 7.11 Å². The van der Waals surface area contributed by atoms with Crippen LogP contribution in [-0.2, 0) is 9.53 Å². The van der Waals surface area contributed by atoms with Gasteiger partial charge in [-0.1, -0.05) is 27.2 Å². The van der Waals surface area contributed by atoms with Crippen LogP contribution in [0.5, 0.6) is 0 Å². The molecular weight excluding hydrogens is 218 g/mol. The Labute approximate surface area is 105 Å². The first-order valence-electron chi connectivity index (χ1n) is 6.49. The highest BCUT2D eigenvalue weighted by molar-refractivity contribution is 5.69. The van der Waals surface area contributed by atoms with Gasteiger partial charge in [0.1, 0.15) is 0 Å². The van der Waals surface area contributed by atoms with Crippen molar-refractivity contribution < 1.29 is 14.6 Å². The number of carbonyl (C=O) groups is 1. The van der Waals surface area contributed by atoms with Crippen molar-refractivity contribution in [1.82, 2.24) is 4.90 Å². The van der Waals surface area contributed by atoms with Crippen LogP contribution in [0.3, 0.4) is 0 Å². The highest BCUT2D eigenvalue weighted by atomic mass is 16.5. The van der Waals surface area contributed by atoms with E-state index in [2.05, 4.69) is 20.8 Å². The molecule has 0 aromatic rings. The van der Waals surface area contributed by atoms with Gasteiger partial charge in [0.15, 0.2) is 0 Å². The lowest BCUT2D eigenvalue weighted by molar-refractivity contribution is -0.139. The number of rotatable bonds is 10. The zero-order chi connectivity index (χ0) is 13.3. The fourth-order valence-electron chi connectivity index (χ4n) is 1.98. The molecule has 0 spiro atoms. The van der Waals surface area contributed by atoms with Crippen LogP contribution in [0.15, 0.2) is 0 Å². The summed E-state index contributed by atoms with van der Waals surface area (Å²) >= 11 is 0. The van der Waals surface area contributed by atoms with Gasteiger partial charge >= 0.3 is 5.97 Å². The minimum absolute atomic E-state index is 0.109. The molecule has 102 valence electrons. The summed E-state index contributed by atoms with van der Waals surface area (Å²) in [5.74, 6) is -0.123. The van der Waals surface area contributed by atoms with Gasteiger partial charge in [0, 0.05) is 19.7 Å². The van der Waals surface area contributed by atoms with Crippen LogP contribution in [0.1, 0.15) is 40.0 Å². The standard InChI is InChI=1S/C13H27NO3/c1-5-11(3)9-12(6-2)14(7-8-17-4)10-13(15)16/h11-12H,5-10H2,1-4H3,(H,15,16). The van der Waals surface area contributed by atoms with E-state index in [4.69, 9.17) is 9.84 Å². The first-order valence-corrected chi connectivity index (χ1v) is 6.49. The number of hydrogen-bond acceptors (Lipinski definition) is 3. The Morgan fingerprint density at radius 1 is 1.35 bits per heavy atom. The SMILES string of the molecule is CCC(C)CC(CC)N(CCOC)CC(=O)O. The predicted octanol–water partition coefficient (Wildman–Crippen LogP) is 2.23. The van der Waals surface area contributed by atoms with Crippen LogP contribution < -0.4 is 0 Å². The van der Waals surface area contributed by atoms with Crippen LogP contribution >= 0.6 is 0 Å². The van der Waals surface area contributed by atoms with Crippen molar-refractivity contribution in [1.29, 1.82) is 0 Å². The van der Waals surface area contributed by atoms with Crippen LogP contribution in [0.2, 0.25) is 0 Å². The van der Waals surface area contributed by atoms with Gasteiger partial charge in [-0.25, -0.2) is 0 Å². The van der Waals surface area contributed by atoms with E-state index in [1.165, 1.54) is 0 Å². The van der Waals surface area contributed by atoms with Gasteiger partial charge in [0.2, 0.25) is 0 Å². The molecule has 0 saturated carbocycles. The molecule has 2 unspecified atom stereocenters. The highest BCUT2D eigenvalue weighted by Gasteiger charge is 2.20. The van der Waals surface area contributed by atoms with Crippen LogP contribution in [0.25, 0.3) is 0 Å². The smallest absolute Gasteiger partial charge is 0.317 e. The van der Waals surface area contributed by atoms with Crippen molar-refractivity contribution in [3.05, 3.63) is 0 Å². The van der Waals surface area contributed by atoms with Crippen molar-refractivity contribution in [2.45, 2.75) is 46.1 Å². The van der Waals surface area contributed by atoms with Gasteiger partial charge in [-0.3, -0.25) is 9.69 Å². The van der Waals surface area contributed by atoms with Crippen LogP contribution in [-0.4, -0.2) is 48.8 Å². The second-order valence-corrected chi connectivity index (χ2v) is 4.67. The average molecular weight is 245 g/mol. The molecule has 4 heteroatoms. The van der Waals surface area contributed by atoms with E-state index in [9.17, 15) is 4.79 Å². The maximum atomic E-state index is 10.9. The van der Waals surface area contributed by atoms with Gasteiger partial charge in [0.05, 0.1) is 13.2 Å². The van der Waals surface area contributed by atoms with E-state index in [-0.39, 0.29) is 6.54 Å². The van der Waals surface area contributed by atoms with E-state index >= 15 is 0 Å². The molecule has 0 bridgehead atoms. The zero-order valence-corrected chi connectivity index (χ0v) is 11.6. The van der Waals surface area contributed by atoms with Crippen molar-refractivity contribution >= 4 is 5.97 Å². The lowest BCUT2D eigenvalue weighted by Crippen LogP contribution is -2.41. The van der Waals surface area contributed by atoms with E-state index < -0.39 is 5.97 Å². The first kappa shape index (κ1) is 16.4. The molecule has 2 atom stereocenters. The Bertz CT molecular complexity index is 209. The number of carboxylic acids is 1. The fourth-order valence-corrected chi connectivity index (χ4v) is 1.98. The molecule has 0 amide bonds. The minimum Gasteiger partial charge on any atom is -0.480 e. The molecule has 1 N–H and O–H groups in total. The monoisotopic (exact) mass is 245 g/mol. The molecule has 17 heavy (non-hydrogen) atoms. The normalized spacial score (nSPS) is 14.9. The molecule has 0 fully saturated rings. The Morgan fingerprint density at radius 2 is 2.00 bits per heavy atom. The molecule has 0 aliphatic heterocycles. The summed E-state index contributed by atoms with van der Waals surface area (Å²) in [5, 5.41) is 8.94. The first-order chi connectivity index (χ1) is 8.04. The maximum absolute atomic E-state index is 10.9. The van der Waals surface area contributed by atoms with E-state index in [0.717, 1.165) is 19.3 Å². The maximum Gasteiger partial charge on any atom is 0.317 e. The lowest BCUT2D eigenvalue weighted by atomic mass is 9.96. The van der Waals surface area contributed by atoms with Crippen molar-refractivity contribution in [3.8, 4) is 0 Å². The summed E-state index contributed by atoms with van der Waals surface area (Å²) < 4.78 is 5.05. The summed E-state index contributed by atoms with van der Waals surface area (Å²) in [4.78, 5) is 12.9. The molecule has 0 aromatic carbocycles. The van der Waals surface area contributed by atoms with Crippen molar-refractivity contribution in [2.75, 3.05) is 26.8 Å². The summed E-state index contributed by atoms with van der Waals surface area (Å²) in [6.07, 6.45) is 3.19. The largest absolute Gasteiger partial charge is 0.480 e. The molecule has 0 saturated heterocycles. The van der Waals surface area contributed by atoms with Gasteiger partial charge < -0.3 is 9.84 Å². The number of methoxy groups -OCH3 is 1. The van der Waals surface area contributed by atoms with Crippen LogP contribution in [0, 0.1) is 5.92 Å². The topological polar surface area (TPSA) is 49.8 Å². The minimum atomic E-state index is -0.760. The second-order valence-electron chi connectivity index (χ2n) is 4.67. The Balaban J connectivity index is 4.41. The summed E-state index contributed by atoms with van der Waals surface area (Å²) in [7, 11) is 1.65. The summed E-state index contributed by atoms with van der Waals surface area (Å²) in [6.45, 7) is 7.90. The van der Waals surface area contributed by atoms with E-state index in [1.807, 2.05) is 4.90 Å². The molecule has 0 aliphatic rings. The third-order valence-corrected chi connectivity index (χ3v) is 3.28. The highest BCUT2D eigenvalue weighted by Crippen LogP contribution is 2.17. The Hall–Kier alpha value is -0.610. The molecular formula is C13H27NO3. The molecule has 0 aromatic heterocycles. The van der Waals surface area contributed by atoms with Gasteiger partial charge in [-0.15, -0.1) is 0 Å². The fraction of sp³-hybridized carbons (Fsp3) is 0.923. The summed E-state index contributed by atoms with van der Waals surface area (Å²) in [5.41, 5.74) is 0. The lowest BCUT2D eigenvalue weighted by Gasteiger charge is -2.31. The molecule has 4 nitrogen and oxygen atoms in total. The molecule has 0 heterocycles. The van der Waals surface area contributed by atoms with Crippen LogP contribution in [0.4, 0.5) is 0 Å². The quantitative estimate of drug-likeness (QED) is 0.641. The van der Waals surface area contributed by atoms with Crippen molar-refractivity contribution in [3.63, 3.8) is 0 Å². The Kier molecular flexibility index (Phi) is 9.09. The van der Waals surface area contributed by atoms with Gasteiger partial charge in [-0.05, 0) is 18.8 Å². The van der Waals surface area contributed by atoms with Gasteiger partial charge in [0.25, 0.3) is 0 Å². The number of ether oxygens (including phenoxy) is 1. The third kappa shape index (κ3) is 7.34. The average Bonchev–Trinajstić information content (AvgIpc) is 2.30. The van der Waals surface area contributed by atoms with Gasteiger partial charge in [-0.2, -0.15) is 0 Å². The van der Waals surface area contributed by atoms with E-state index in [0.29, 0.717) is 25.1 Å². The van der Waals surface area contributed by atoms with Crippen molar-refractivity contribution in [2.24, 2.45) is 5.92 Å². The second kappa shape index (κ2) is 9.42.